The highest BCUT2D eigenvalue weighted by Crippen LogP contribution is 2.29. The first kappa shape index (κ1) is 14.1. The van der Waals surface area contributed by atoms with Gasteiger partial charge in [-0.25, -0.2) is 0 Å². The second kappa shape index (κ2) is 5.76. The van der Waals surface area contributed by atoms with Crippen molar-refractivity contribution in [1.29, 1.82) is 0 Å². The van der Waals surface area contributed by atoms with Crippen LogP contribution in [0.15, 0.2) is 24.4 Å². The Hall–Kier alpha value is -1.32. The summed E-state index contributed by atoms with van der Waals surface area (Å²) in [5, 5.41) is 15.3. The molecular formula is C15H19ClN2O. The molecule has 0 aliphatic heterocycles. The molecule has 19 heavy (non-hydrogen) atoms. The number of hydrogen-bond donors (Lipinski definition) is 1. The van der Waals surface area contributed by atoms with Crippen molar-refractivity contribution in [3.05, 3.63) is 51.8 Å². The molecule has 1 aromatic carbocycles. The quantitative estimate of drug-likeness (QED) is 0.927. The minimum Gasteiger partial charge on any atom is -0.382 e. The summed E-state index contributed by atoms with van der Waals surface area (Å²) >= 11 is 6.16. The summed E-state index contributed by atoms with van der Waals surface area (Å²) in [6.45, 7) is 6.87. The summed E-state index contributed by atoms with van der Waals surface area (Å²) < 4.78 is 1.78. The number of nitrogens with zero attached hydrogens (tertiary/aromatic N) is 2. The average molecular weight is 279 g/mol. The predicted molar refractivity (Wildman–Crippen MR) is 77.5 cm³/mol. The van der Waals surface area contributed by atoms with Gasteiger partial charge in [-0.1, -0.05) is 47.9 Å². The second-order valence-corrected chi connectivity index (χ2v) is 5.33. The van der Waals surface area contributed by atoms with E-state index in [0.29, 0.717) is 10.7 Å². The molecule has 0 amide bonds. The molecule has 3 nitrogen and oxygen atoms in total. The smallest absolute Gasteiger partial charge is 0.122 e. The first-order valence-electron chi connectivity index (χ1n) is 6.50. The molecule has 2 aromatic rings. The number of rotatable bonds is 4. The SMILES string of the molecule is CCCn1ncc(Cl)c1C(O)c1cc(C)cc(C)c1. The Bertz CT molecular complexity index is 557. The first-order valence-corrected chi connectivity index (χ1v) is 6.88. The van der Waals surface area contributed by atoms with Gasteiger partial charge in [-0.3, -0.25) is 4.68 Å². The molecule has 1 heterocycles. The summed E-state index contributed by atoms with van der Waals surface area (Å²) in [6.07, 6.45) is 1.81. The number of hydrogen-bond acceptors (Lipinski definition) is 2. The normalized spacial score (nSPS) is 12.7. The molecule has 0 saturated heterocycles. The van der Waals surface area contributed by atoms with E-state index in [1.54, 1.807) is 10.9 Å². The van der Waals surface area contributed by atoms with Crippen LogP contribution in [0.25, 0.3) is 0 Å². The summed E-state index contributed by atoms with van der Waals surface area (Å²) in [5.74, 6) is 0. The van der Waals surface area contributed by atoms with E-state index in [9.17, 15) is 5.11 Å². The molecule has 0 spiro atoms. The van der Waals surface area contributed by atoms with Crippen LogP contribution in [0, 0.1) is 13.8 Å². The Balaban J connectivity index is 2.43. The zero-order chi connectivity index (χ0) is 14.0. The minimum atomic E-state index is -0.736. The van der Waals surface area contributed by atoms with E-state index in [-0.39, 0.29) is 0 Å². The molecule has 1 unspecified atom stereocenters. The fraction of sp³-hybridized carbons (Fsp3) is 0.400. The third-order valence-electron chi connectivity index (χ3n) is 3.09. The van der Waals surface area contributed by atoms with Gasteiger partial charge in [-0.15, -0.1) is 0 Å². The molecule has 0 saturated carbocycles. The average Bonchev–Trinajstić information content (AvgIpc) is 2.69. The standard InChI is InChI=1S/C15H19ClN2O/c1-4-5-18-14(13(16)9-17-18)15(19)12-7-10(2)6-11(3)8-12/h6-9,15,19H,4-5H2,1-3H3. The van der Waals surface area contributed by atoms with E-state index in [2.05, 4.69) is 18.1 Å². The Labute approximate surface area is 118 Å². The number of benzene rings is 1. The number of halogens is 1. The van der Waals surface area contributed by atoms with Gasteiger partial charge >= 0.3 is 0 Å². The van der Waals surface area contributed by atoms with E-state index in [4.69, 9.17) is 11.6 Å². The molecule has 0 bridgehead atoms. The van der Waals surface area contributed by atoms with Crippen molar-refractivity contribution >= 4 is 11.6 Å². The highest BCUT2D eigenvalue weighted by atomic mass is 35.5. The number of aryl methyl sites for hydroxylation is 3. The van der Waals surface area contributed by atoms with E-state index in [1.165, 1.54) is 0 Å². The van der Waals surface area contributed by atoms with Crippen molar-refractivity contribution in [3.63, 3.8) is 0 Å². The Kier molecular flexibility index (Phi) is 4.27. The van der Waals surface area contributed by atoms with E-state index < -0.39 is 6.10 Å². The van der Waals surface area contributed by atoms with Crippen molar-refractivity contribution in [2.45, 2.75) is 39.8 Å². The van der Waals surface area contributed by atoms with Crippen LogP contribution in [0.4, 0.5) is 0 Å². The van der Waals surface area contributed by atoms with Gasteiger partial charge in [0, 0.05) is 6.54 Å². The lowest BCUT2D eigenvalue weighted by atomic mass is 10.0. The highest BCUT2D eigenvalue weighted by molar-refractivity contribution is 6.31. The zero-order valence-electron chi connectivity index (χ0n) is 11.5. The van der Waals surface area contributed by atoms with Crippen molar-refractivity contribution < 1.29 is 5.11 Å². The Morgan fingerprint density at radius 3 is 2.47 bits per heavy atom. The molecule has 4 heteroatoms. The minimum absolute atomic E-state index is 0.514. The van der Waals surface area contributed by atoms with Crippen LogP contribution in [-0.4, -0.2) is 14.9 Å². The summed E-state index contributed by atoms with van der Waals surface area (Å²) in [6, 6.07) is 6.05. The van der Waals surface area contributed by atoms with Gasteiger partial charge in [0.15, 0.2) is 0 Å². The molecule has 0 fully saturated rings. The van der Waals surface area contributed by atoms with E-state index >= 15 is 0 Å². The number of aliphatic hydroxyl groups excluding tert-OH is 1. The van der Waals surface area contributed by atoms with Crippen LogP contribution in [0.2, 0.25) is 5.02 Å². The van der Waals surface area contributed by atoms with Crippen LogP contribution < -0.4 is 0 Å². The van der Waals surface area contributed by atoms with Gasteiger partial charge in [-0.2, -0.15) is 5.10 Å². The largest absolute Gasteiger partial charge is 0.382 e. The molecule has 1 N–H and O–H groups in total. The van der Waals surface area contributed by atoms with E-state index in [0.717, 1.165) is 29.7 Å². The van der Waals surface area contributed by atoms with Gasteiger partial charge in [0.2, 0.25) is 0 Å². The van der Waals surface area contributed by atoms with Gasteiger partial charge in [-0.05, 0) is 25.8 Å². The first-order chi connectivity index (χ1) is 9.02. The maximum atomic E-state index is 10.6. The van der Waals surface area contributed by atoms with Crippen molar-refractivity contribution in [3.8, 4) is 0 Å². The predicted octanol–water partition coefficient (Wildman–Crippen LogP) is 3.65. The zero-order valence-corrected chi connectivity index (χ0v) is 12.3. The van der Waals surface area contributed by atoms with Crippen LogP contribution in [0.5, 0.6) is 0 Å². The summed E-state index contributed by atoms with van der Waals surface area (Å²) in [7, 11) is 0. The maximum absolute atomic E-state index is 10.6. The fourth-order valence-corrected chi connectivity index (χ4v) is 2.60. The van der Waals surface area contributed by atoms with Crippen LogP contribution in [0.3, 0.4) is 0 Å². The lowest BCUT2D eigenvalue weighted by molar-refractivity contribution is 0.207. The molecule has 1 aromatic heterocycles. The van der Waals surface area contributed by atoms with Crippen LogP contribution >= 0.6 is 11.6 Å². The molecule has 0 aliphatic carbocycles. The van der Waals surface area contributed by atoms with E-state index in [1.807, 2.05) is 26.0 Å². The fourth-order valence-electron chi connectivity index (χ4n) is 2.36. The third kappa shape index (κ3) is 2.99. The molecule has 0 radical (unpaired) electrons. The summed E-state index contributed by atoms with van der Waals surface area (Å²) in [4.78, 5) is 0. The molecular weight excluding hydrogens is 260 g/mol. The van der Waals surface area contributed by atoms with Crippen LogP contribution in [-0.2, 0) is 6.54 Å². The molecule has 2 rings (SSSR count). The highest BCUT2D eigenvalue weighted by Gasteiger charge is 2.20. The third-order valence-corrected chi connectivity index (χ3v) is 3.38. The molecule has 102 valence electrons. The van der Waals surface area contributed by atoms with Crippen molar-refractivity contribution in [2.24, 2.45) is 0 Å². The lowest BCUT2D eigenvalue weighted by Crippen LogP contribution is -2.11. The Morgan fingerprint density at radius 1 is 1.26 bits per heavy atom. The number of aromatic nitrogens is 2. The second-order valence-electron chi connectivity index (χ2n) is 4.92. The van der Waals surface area contributed by atoms with Gasteiger partial charge < -0.3 is 5.11 Å². The van der Waals surface area contributed by atoms with Crippen molar-refractivity contribution in [1.82, 2.24) is 9.78 Å². The van der Waals surface area contributed by atoms with Gasteiger partial charge in [0.05, 0.1) is 16.9 Å². The lowest BCUT2D eigenvalue weighted by Gasteiger charge is -2.15. The molecule has 1 atom stereocenters. The van der Waals surface area contributed by atoms with Crippen molar-refractivity contribution in [2.75, 3.05) is 0 Å². The maximum Gasteiger partial charge on any atom is 0.122 e. The monoisotopic (exact) mass is 278 g/mol. The van der Waals surface area contributed by atoms with Crippen LogP contribution in [0.1, 0.15) is 41.8 Å². The topological polar surface area (TPSA) is 38.0 Å². The summed E-state index contributed by atoms with van der Waals surface area (Å²) in [5.41, 5.74) is 3.80. The number of aliphatic hydroxyl groups is 1. The molecule has 0 aliphatic rings. The van der Waals surface area contributed by atoms with Gasteiger partial charge in [0.1, 0.15) is 6.10 Å². The van der Waals surface area contributed by atoms with Gasteiger partial charge in [0.25, 0.3) is 0 Å². The Morgan fingerprint density at radius 2 is 1.89 bits per heavy atom.